The standard InChI is InChI=1S/C36H46N8O11/c37-9-1-17-45-25-28-30(48-20-4-12-40)32(50-22-6-14-42)33(51-23-7-15-43)35(53-28)55-36(27-47-19-3-11-39)34(52-24-8-16-44)31(49-21-5-13-41)29(54-36)26-46-18-2-10-38/h28-35H,1-8,17-27H2/t28?,29?,30?,31?,32?,33?,34?,35?,36-/m0/s1. The van der Waals surface area contributed by atoms with E-state index in [2.05, 4.69) is 0 Å². The molecule has 2 saturated heterocycles. The summed E-state index contributed by atoms with van der Waals surface area (Å²) in [5.74, 6) is -1.94. The minimum atomic E-state index is -1.94. The van der Waals surface area contributed by atoms with Gasteiger partial charge in [-0.25, -0.2) is 0 Å². The van der Waals surface area contributed by atoms with Crippen LogP contribution in [0.5, 0.6) is 0 Å². The molecule has 0 amide bonds. The third kappa shape index (κ3) is 16.0. The normalized spacial score (nSPS) is 26.9. The molecule has 8 unspecified atom stereocenters. The highest BCUT2D eigenvalue weighted by Crippen LogP contribution is 2.41. The van der Waals surface area contributed by atoms with Crippen molar-refractivity contribution in [2.24, 2.45) is 0 Å². The molecule has 2 aliphatic rings. The molecular formula is C36H46N8O11. The topological polar surface area (TPSA) is 292 Å². The Morgan fingerprint density at radius 2 is 0.818 bits per heavy atom. The molecule has 0 saturated carbocycles. The van der Waals surface area contributed by atoms with E-state index >= 15 is 0 Å². The molecule has 9 atom stereocenters. The summed E-state index contributed by atoms with van der Waals surface area (Å²) in [6.45, 7) is -0.905. The van der Waals surface area contributed by atoms with Gasteiger partial charge in [-0.05, 0) is 0 Å². The summed E-state index contributed by atoms with van der Waals surface area (Å²) < 4.78 is 68.3. The second-order valence-electron chi connectivity index (χ2n) is 11.7. The summed E-state index contributed by atoms with van der Waals surface area (Å²) in [6.07, 6.45) is -8.57. The fourth-order valence-electron chi connectivity index (χ4n) is 5.66. The SMILES string of the molecule is N#CCCOCC1OC(O[C@]2(COCCC#N)OC(COCCC#N)C(OCCC#N)C2OCCC#N)C(OCCC#N)C(OCCC#N)C1OCCC#N. The van der Waals surface area contributed by atoms with Crippen molar-refractivity contribution in [3.63, 3.8) is 0 Å². The maximum absolute atomic E-state index is 9.37. The molecule has 19 nitrogen and oxygen atoms in total. The minimum absolute atomic E-state index is 0.00810. The predicted molar refractivity (Wildman–Crippen MR) is 180 cm³/mol. The van der Waals surface area contributed by atoms with Crippen LogP contribution in [0.15, 0.2) is 0 Å². The van der Waals surface area contributed by atoms with Crippen molar-refractivity contribution in [3.8, 4) is 48.6 Å². The molecule has 2 heterocycles. The first-order valence-corrected chi connectivity index (χ1v) is 17.8. The first-order valence-electron chi connectivity index (χ1n) is 17.8. The van der Waals surface area contributed by atoms with Gasteiger partial charge in [-0.15, -0.1) is 0 Å². The zero-order valence-corrected chi connectivity index (χ0v) is 30.6. The Morgan fingerprint density at radius 3 is 1.33 bits per heavy atom. The van der Waals surface area contributed by atoms with Crippen molar-refractivity contribution in [2.75, 3.05) is 72.7 Å². The van der Waals surface area contributed by atoms with E-state index in [1.807, 2.05) is 48.6 Å². The molecule has 0 spiro atoms. The van der Waals surface area contributed by atoms with Crippen molar-refractivity contribution < 1.29 is 52.1 Å². The largest absolute Gasteiger partial charge is 0.378 e. The van der Waals surface area contributed by atoms with Gasteiger partial charge in [-0.3, -0.25) is 0 Å². The van der Waals surface area contributed by atoms with E-state index in [1.54, 1.807) is 0 Å². The molecule has 2 rings (SSSR count). The van der Waals surface area contributed by atoms with Crippen LogP contribution in [0.4, 0.5) is 0 Å². The number of hydrogen-bond acceptors (Lipinski definition) is 19. The molecule has 55 heavy (non-hydrogen) atoms. The smallest absolute Gasteiger partial charge is 0.224 e. The summed E-state index contributed by atoms with van der Waals surface area (Å²) in [5.41, 5.74) is 0. The van der Waals surface area contributed by atoms with Crippen LogP contribution in [0.1, 0.15) is 51.4 Å². The van der Waals surface area contributed by atoms with Crippen molar-refractivity contribution in [1.29, 1.82) is 42.1 Å². The van der Waals surface area contributed by atoms with E-state index < -0.39 is 54.8 Å². The van der Waals surface area contributed by atoms with Gasteiger partial charge in [0, 0.05) is 0 Å². The Labute approximate surface area is 321 Å². The molecule has 0 aromatic rings. The maximum atomic E-state index is 9.37. The average molecular weight is 767 g/mol. The van der Waals surface area contributed by atoms with E-state index in [-0.39, 0.29) is 124 Å². The molecule has 19 heteroatoms. The van der Waals surface area contributed by atoms with Crippen LogP contribution < -0.4 is 0 Å². The zero-order chi connectivity index (χ0) is 40.0. The molecule has 0 N–H and O–H groups in total. The van der Waals surface area contributed by atoms with Crippen LogP contribution in [0.2, 0.25) is 0 Å². The van der Waals surface area contributed by atoms with Crippen LogP contribution in [-0.2, 0) is 52.1 Å². The van der Waals surface area contributed by atoms with Crippen molar-refractivity contribution in [2.45, 2.75) is 106 Å². The van der Waals surface area contributed by atoms with Gasteiger partial charge >= 0.3 is 0 Å². The average Bonchev–Trinajstić information content (AvgIpc) is 3.46. The molecule has 0 aliphatic carbocycles. The van der Waals surface area contributed by atoms with Gasteiger partial charge < -0.3 is 52.1 Å². The highest BCUT2D eigenvalue weighted by Gasteiger charge is 2.61. The predicted octanol–water partition coefficient (Wildman–Crippen LogP) is 2.11. The van der Waals surface area contributed by atoms with Gasteiger partial charge in [-0.2, -0.15) is 42.1 Å². The van der Waals surface area contributed by atoms with Crippen molar-refractivity contribution >= 4 is 0 Å². The van der Waals surface area contributed by atoms with Gasteiger partial charge in [0.25, 0.3) is 0 Å². The second kappa shape index (κ2) is 28.9. The lowest BCUT2D eigenvalue weighted by atomic mass is 9.97. The molecule has 2 aliphatic heterocycles. The summed E-state index contributed by atoms with van der Waals surface area (Å²) in [4.78, 5) is 0. The second-order valence-corrected chi connectivity index (χ2v) is 11.7. The quantitative estimate of drug-likeness (QED) is 0.0984. The number of rotatable bonds is 29. The Kier molecular flexibility index (Phi) is 24.5. The molecule has 2 fully saturated rings. The highest BCUT2D eigenvalue weighted by molar-refractivity contribution is 5.02. The van der Waals surface area contributed by atoms with Crippen LogP contribution in [0.25, 0.3) is 0 Å². The lowest BCUT2D eigenvalue weighted by molar-refractivity contribution is -0.395. The number of hydrogen-bond donors (Lipinski definition) is 0. The van der Waals surface area contributed by atoms with Gasteiger partial charge in [0.05, 0.1) is 166 Å². The fraction of sp³-hybridized carbons (Fsp3) is 0.778. The van der Waals surface area contributed by atoms with Crippen LogP contribution >= 0.6 is 0 Å². The summed E-state index contributed by atoms with van der Waals surface area (Å²) in [5, 5.41) is 73.9. The van der Waals surface area contributed by atoms with Gasteiger partial charge in [0.2, 0.25) is 5.79 Å². The monoisotopic (exact) mass is 766 g/mol. The van der Waals surface area contributed by atoms with Crippen LogP contribution in [0, 0.1) is 90.6 Å². The Morgan fingerprint density at radius 1 is 0.418 bits per heavy atom. The van der Waals surface area contributed by atoms with Gasteiger partial charge in [-0.1, -0.05) is 0 Å². The summed E-state index contributed by atoms with van der Waals surface area (Å²) in [7, 11) is 0. The molecule has 0 bridgehead atoms. The molecule has 0 aromatic heterocycles. The molecular weight excluding hydrogens is 720 g/mol. The summed E-state index contributed by atoms with van der Waals surface area (Å²) >= 11 is 0. The number of ether oxygens (including phenoxy) is 11. The van der Waals surface area contributed by atoms with E-state index in [9.17, 15) is 31.6 Å². The van der Waals surface area contributed by atoms with Crippen molar-refractivity contribution in [1.82, 2.24) is 0 Å². The number of nitrogens with zero attached hydrogens (tertiary/aromatic N) is 8. The van der Waals surface area contributed by atoms with Crippen molar-refractivity contribution in [3.05, 3.63) is 0 Å². The van der Waals surface area contributed by atoms with E-state index in [0.29, 0.717) is 0 Å². The Balaban J connectivity index is 2.74. The van der Waals surface area contributed by atoms with E-state index in [1.165, 1.54) is 0 Å². The lowest BCUT2D eigenvalue weighted by Gasteiger charge is -2.48. The van der Waals surface area contributed by atoms with Gasteiger partial charge in [0.1, 0.15) is 49.3 Å². The molecule has 0 aromatic carbocycles. The Bertz CT molecular complexity index is 1450. The third-order valence-electron chi connectivity index (χ3n) is 7.91. The minimum Gasteiger partial charge on any atom is -0.378 e. The van der Waals surface area contributed by atoms with E-state index in [0.717, 1.165) is 0 Å². The number of nitriles is 8. The summed E-state index contributed by atoms with van der Waals surface area (Å²) in [6, 6.07) is 16.1. The Hall–Kier alpha value is -4.52. The lowest BCUT2D eigenvalue weighted by Crippen LogP contribution is -2.65. The maximum Gasteiger partial charge on any atom is 0.224 e. The molecule has 296 valence electrons. The molecule has 0 radical (unpaired) electrons. The fourth-order valence-corrected chi connectivity index (χ4v) is 5.66. The van der Waals surface area contributed by atoms with Crippen LogP contribution in [-0.4, -0.2) is 127 Å². The van der Waals surface area contributed by atoms with E-state index in [4.69, 9.17) is 62.6 Å². The first kappa shape index (κ1) is 46.6. The first-order chi connectivity index (χ1) is 27.0. The van der Waals surface area contributed by atoms with Gasteiger partial charge in [0.15, 0.2) is 6.29 Å². The highest BCUT2D eigenvalue weighted by atomic mass is 16.8. The zero-order valence-electron chi connectivity index (χ0n) is 30.6. The third-order valence-corrected chi connectivity index (χ3v) is 7.91. The van der Waals surface area contributed by atoms with Crippen LogP contribution in [0.3, 0.4) is 0 Å².